The first-order chi connectivity index (χ1) is 9.11. The lowest BCUT2D eigenvalue weighted by molar-refractivity contribution is 0.0524. The van der Waals surface area contributed by atoms with Gasteiger partial charge >= 0.3 is 11.6 Å². The third-order valence-corrected chi connectivity index (χ3v) is 2.77. The van der Waals surface area contributed by atoms with E-state index in [9.17, 15) is 9.59 Å². The lowest BCUT2D eigenvalue weighted by atomic mass is 10.3. The van der Waals surface area contributed by atoms with Crippen LogP contribution >= 0.6 is 15.9 Å². The van der Waals surface area contributed by atoms with Gasteiger partial charge in [-0.1, -0.05) is 22.0 Å². The molecule has 7 heteroatoms. The summed E-state index contributed by atoms with van der Waals surface area (Å²) < 4.78 is 10.3. The van der Waals surface area contributed by atoms with Gasteiger partial charge in [-0.2, -0.15) is 0 Å². The van der Waals surface area contributed by atoms with Crippen molar-refractivity contribution in [2.75, 3.05) is 11.9 Å². The molecule has 0 fully saturated rings. The van der Waals surface area contributed by atoms with E-state index in [0.29, 0.717) is 5.69 Å². The molecule has 0 aliphatic rings. The predicted molar refractivity (Wildman–Crippen MR) is 72.7 cm³/mol. The second-order valence-corrected chi connectivity index (χ2v) is 4.51. The highest BCUT2D eigenvalue weighted by atomic mass is 79.9. The number of rotatable bonds is 4. The van der Waals surface area contributed by atoms with Gasteiger partial charge in [0.25, 0.3) is 0 Å². The van der Waals surface area contributed by atoms with Crippen LogP contribution in [0.15, 0.2) is 38.1 Å². The second kappa shape index (κ2) is 5.75. The Morgan fingerprint density at radius 2 is 2.32 bits per heavy atom. The van der Waals surface area contributed by atoms with Crippen LogP contribution in [-0.4, -0.2) is 17.7 Å². The number of H-pyrrole nitrogens is 1. The summed E-state index contributed by atoms with van der Waals surface area (Å²) in [5, 5.41) is 5.26. The Bertz CT molecular complexity index is 647. The Kier molecular flexibility index (Phi) is 4.06. The molecule has 0 amide bonds. The van der Waals surface area contributed by atoms with E-state index >= 15 is 0 Å². The van der Waals surface area contributed by atoms with Crippen LogP contribution in [0.3, 0.4) is 0 Å². The third-order valence-electron chi connectivity index (χ3n) is 2.27. The largest absolute Gasteiger partial charge is 0.462 e. The fraction of sp³-hybridized carbons (Fsp3) is 0.167. The van der Waals surface area contributed by atoms with Crippen molar-refractivity contribution in [2.45, 2.75) is 6.92 Å². The minimum absolute atomic E-state index is 0.168. The highest BCUT2D eigenvalue weighted by Crippen LogP contribution is 2.21. The highest BCUT2D eigenvalue weighted by Gasteiger charge is 2.21. The molecule has 0 unspecified atom stereocenters. The fourth-order valence-corrected chi connectivity index (χ4v) is 1.89. The standard InChI is InChI=1S/C12H11BrN2O4/c1-2-18-11(16)9-10(15-19-12(9)17)14-8-5-3-4-7(13)6-8/h3-6,14-15H,2H2,1H3. The number of hydrogen-bond acceptors (Lipinski definition) is 5. The van der Waals surface area contributed by atoms with Crippen LogP contribution in [0.1, 0.15) is 17.3 Å². The number of aromatic nitrogens is 1. The minimum atomic E-state index is -0.768. The molecule has 2 rings (SSSR count). The van der Waals surface area contributed by atoms with Gasteiger partial charge in [0.1, 0.15) is 0 Å². The van der Waals surface area contributed by atoms with Crippen molar-refractivity contribution < 1.29 is 14.1 Å². The molecule has 19 heavy (non-hydrogen) atoms. The molecule has 0 saturated heterocycles. The summed E-state index contributed by atoms with van der Waals surface area (Å²) >= 11 is 3.33. The molecule has 1 aromatic carbocycles. The Labute approximate surface area is 116 Å². The van der Waals surface area contributed by atoms with Crippen molar-refractivity contribution in [3.05, 3.63) is 44.7 Å². The lowest BCUT2D eigenvalue weighted by Gasteiger charge is -2.05. The van der Waals surface area contributed by atoms with Crippen molar-refractivity contribution in [1.82, 2.24) is 5.16 Å². The monoisotopic (exact) mass is 326 g/mol. The van der Waals surface area contributed by atoms with Gasteiger partial charge in [-0.05, 0) is 25.1 Å². The summed E-state index contributed by atoms with van der Waals surface area (Å²) in [6.07, 6.45) is 0. The van der Waals surface area contributed by atoms with Crippen molar-refractivity contribution >= 4 is 33.4 Å². The molecule has 1 heterocycles. The van der Waals surface area contributed by atoms with E-state index in [-0.39, 0.29) is 18.0 Å². The average molecular weight is 327 g/mol. The predicted octanol–water partition coefficient (Wildman–Crippen LogP) is 2.65. The number of carbonyl (C=O) groups excluding carboxylic acids is 1. The van der Waals surface area contributed by atoms with Crippen LogP contribution < -0.4 is 10.9 Å². The number of ether oxygens (including phenoxy) is 1. The number of benzene rings is 1. The average Bonchev–Trinajstić information content (AvgIpc) is 2.71. The zero-order valence-electron chi connectivity index (χ0n) is 10.0. The van der Waals surface area contributed by atoms with Gasteiger partial charge in [-0.25, -0.2) is 14.7 Å². The number of hydrogen-bond donors (Lipinski definition) is 2. The van der Waals surface area contributed by atoms with E-state index in [1.54, 1.807) is 19.1 Å². The van der Waals surface area contributed by atoms with Crippen LogP contribution in [-0.2, 0) is 4.74 Å². The SMILES string of the molecule is CCOC(=O)c1c(Nc2cccc(Br)c2)[nH]oc1=O. The van der Waals surface area contributed by atoms with Crippen LogP contribution in [0.4, 0.5) is 11.5 Å². The number of nitrogens with one attached hydrogen (secondary N) is 2. The molecule has 1 aromatic heterocycles. The lowest BCUT2D eigenvalue weighted by Crippen LogP contribution is -2.14. The molecule has 0 atom stereocenters. The zero-order valence-corrected chi connectivity index (χ0v) is 11.6. The highest BCUT2D eigenvalue weighted by molar-refractivity contribution is 9.10. The molecule has 0 saturated carbocycles. The van der Waals surface area contributed by atoms with Crippen molar-refractivity contribution in [3.8, 4) is 0 Å². The molecule has 0 spiro atoms. The third kappa shape index (κ3) is 3.05. The summed E-state index contributed by atoms with van der Waals surface area (Å²) in [6.45, 7) is 1.84. The Morgan fingerprint density at radius 3 is 3.00 bits per heavy atom. The summed E-state index contributed by atoms with van der Waals surface area (Å²) in [6, 6.07) is 7.25. The summed E-state index contributed by atoms with van der Waals surface area (Å²) in [5.41, 5.74) is -0.255. The van der Waals surface area contributed by atoms with Crippen LogP contribution in [0, 0.1) is 0 Å². The topological polar surface area (TPSA) is 84.3 Å². The maximum absolute atomic E-state index is 11.7. The number of carbonyl (C=O) groups is 1. The molecule has 0 radical (unpaired) electrons. The van der Waals surface area contributed by atoms with Gasteiger partial charge in [-0.15, -0.1) is 0 Å². The summed E-state index contributed by atoms with van der Waals surface area (Å²) in [7, 11) is 0. The smallest absolute Gasteiger partial charge is 0.374 e. The molecule has 0 bridgehead atoms. The van der Waals surface area contributed by atoms with Crippen molar-refractivity contribution in [3.63, 3.8) is 0 Å². The molecule has 2 aromatic rings. The second-order valence-electron chi connectivity index (χ2n) is 3.60. The number of halogens is 1. The van der Waals surface area contributed by atoms with Gasteiger partial charge < -0.3 is 14.6 Å². The molecule has 2 N–H and O–H groups in total. The van der Waals surface area contributed by atoms with Gasteiger partial charge in [-0.3, -0.25) is 0 Å². The van der Waals surface area contributed by atoms with Crippen molar-refractivity contribution in [2.24, 2.45) is 0 Å². The van der Waals surface area contributed by atoms with E-state index < -0.39 is 11.6 Å². The normalized spacial score (nSPS) is 10.2. The maximum Gasteiger partial charge on any atom is 0.374 e. The number of anilines is 2. The number of aromatic amines is 1. The molecule has 6 nitrogen and oxygen atoms in total. The molecule has 0 aliphatic carbocycles. The first kappa shape index (κ1) is 13.4. The fourth-order valence-electron chi connectivity index (χ4n) is 1.49. The van der Waals surface area contributed by atoms with Crippen LogP contribution in [0.2, 0.25) is 0 Å². The van der Waals surface area contributed by atoms with Gasteiger partial charge in [0.2, 0.25) is 0 Å². The Morgan fingerprint density at radius 1 is 1.53 bits per heavy atom. The van der Waals surface area contributed by atoms with E-state index in [1.807, 2.05) is 12.1 Å². The van der Waals surface area contributed by atoms with E-state index in [2.05, 4.69) is 30.9 Å². The molecule has 100 valence electrons. The molecule has 0 aliphatic heterocycles. The maximum atomic E-state index is 11.7. The number of esters is 1. The first-order valence-electron chi connectivity index (χ1n) is 5.53. The minimum Gasteiger partial charge on any atom is -0.462 e. The Hall–Kier alpha value is -2.02. The summed E-state index contributed by atoms with van der Waals surface area (Å²) in [5.74, 6) is -0.559. The van der Waals surface area contributed by atoms with Crippen molar-refractivity contribution in [1.29, 1.82) is 0 Å². The Balaban J connectivity index is 2.31. The van der Waals surface area contributed by atoms with E-state index in [0.717, 1.165) is 4.47 Å². The van der Waals surface area contributed by atoms with Gasteiger partial charge in [0, 0.05) is 10.2 Å². The molecular formula is C12H11BrN2O4. The van der Waals surface area contributed by atoms with E-state index in [4.69, 9.17) is 4.74 Å². The van der Waals surface area contributed by atoms with Gasteiger partial charge in [0.15, 0.2) is 11.4 Å². The van der Waals surface area contributed by atoms with Crippen LogP contribution in [0.5, 0.6) is 0 Å². The van der Waals surface area contributed by atoms with Crippen LogP contribution in [0.25, 0.3) is 0 Å². The molecular weight excluding hydrogens is 316 g/mol. The van der Waals surface area contributed by atoms with Gasteiger partial charge in [0.05, 0.1) is 6.61 Å². The van der Waals surface area contributed by atoms with E-state index in [1.165, 1.54) is 0 Å². The summed E-state index contributed by atoms with van der Waals surface area (Å²) in [4.78, 5) is 23.1. The quantitative estimate of drug-likeness (QED) is 0.844. The zero-order chi connectivity index (χ0) is 13.8. The first-order valence-corrected chi connectivity index (χ1v) is 6.32.